The molecule has 3 aromatic carbocycles. The first kappa shape index (κ1) is 43.0. The Labute approximate surface area is 330 Å². The second kappa shape index (κ2) is 21.4. The molecular formula is C45H57N5O6. The van der Waals surface area contributed by atoms with E-state index in [2.05, 4.69) is 40.1 Å². The number of aromatic nitrogens is 1. The number of rotatable bonds is 20. The summed E-state index contributed by atoms with van der Waals surface area (Å²) in [6.45, 7) is 10.0. The summed E-state index contributed by atoms with van der Waals surface area (Å²) in [5.41, 5.74) is 6.93. The standard InChI is InChI=1S/C45H57N5O6/c1-7-35-30(4)36(46-31(35)5)23-24-41(51)47-38(26-32-17-11-8-12-18-32)43(53)49-39(27-33-19-13-9-14-20-33)44(54)48-37(25-29(2)3)42(52)50-40(45(55)56-6)28-34-21-15-10-16-22-34/h8-22,29,37-40,46H,7,23-28H2,1-6H3,(H,47,51)(H,48,54)(H,49,53)(H,50,52)/t37-,38-,39-,40-/m0/s1. The van der Waals surface area contributed by atoms with E-state index in [-0.39, 0.29) is 43.9 Å². The second-order valence-corrected chi connectivity index (χ2v) is 14.7. The highest BCUT2D eigenvalue weighted by atomic mass is 16.5. The highest BCUT2D eigenvalue weighted by Gasteiger charge is 2.32. The summed E-state index contributed by atoms with van der Waals surface area (Å²) >= 11 is 0. The van der Waals surface area contributed by atoms with Crippen molar-refractivity contribution in [3.8, 4) is 0 Å². The third kappa shape index (κ3) is 13.0. The van der Waals surface area contributed by atoms with Crippen molar-refractivity contribution in [3.63, 3.8) is 0 Å². The molecule has 0 aliphatic heterocycles. The number of esters is 1. The highest BCUT2D eigenvalue weighted by molar-refractivity contribution is 5.95. The number of nitrogens with one attached hydrogen (secondary N) is 5. The Bertz CT molecular complexity index is 1890. The van der Waals surface area contributed by atoms with Gasteiger partial charge in [0.05, 0.1) is 7.11 Å². The molecule has 0 fully saturated rings. The van der Waals surface area contributed by atoms with Crippen LogP contribution in [0.3, 0.4) is 0 Å². The first-order valence-corrected chi connectivity index (χ1v) is 19.4. The molecule has 5 N–H and O–H groups in total. The van der Waals surface area contributed by atoms with Crippen LogP contribution in [0.15, 0.2) is 91.0 Å². The first-order chi connectivity index (χ1) is 26.9. The quantitative estimate of drug-likeness (QED) is 0.0797. The lowest BCUT2D eigenvalue weighted by atomic mass is 9.99. The van der Waals surface area contributed by atoms with Crippen molar-refractivity contribution in [2.24, 2.45) is 5.92 Å². The molecule has 1 aromatic heterocycles. The van der Waals surface area contributed by atoms with E-state index in [1.165, 1.54) is 12.7 Å². The Hall–Kier alpha value is -5.71. The summed E-state index contributed by atoms with van der Waals surface area (Å²) in [6.07, 6.45) is 2.35. The van der Waals surface area contributed by atoms with E-state index in [1.807, 2.05) is 112 Å². The maximum atomic E-state index is 14.2. The molecule has 0 saturated carbocycles. The predicted octanol–water partition coefficient (Wildman–Crippen LogP) is 5.01. The summed E-state index contributed by atoms with van der Waals surface area (Å²) in [5.74, 6) is -2.56. The van der Waals surface area contributed by atoms with Crippen LogP contribution in [0.5, 0.6) is 0 Å². The number of ether oxygens (including phenoxy) is 1. The molecule has 4 rings (SSSR count). The van der Waals surface area contributed by atoms with E-state index in [1.54, 1.807) is 0 Å². The first-order valence-electron chi connectivity index (χ1n) is 19.4. The molecule has 0 unspecified atom stereocenters. The van der Waals surface area contributed by atoms with Gasteiger partial charge >= 0.3 is 5.97 Å². The van der Waals surface area contributed by atoms with E-state index < -0.39 is 47.9 Å². The Kier molecular flexibility index (Phi) is 16.4. The molecule has 4 amide bonds. The van der Waals surface area contributed by atoms with Crippen LogP contribution in [0.25, 0.3) is 0 Å². The van der Waals surface area contributed by atoms with E-state index >= 15 is 0 Å². The number of aryl methyl sites for hydroxylation is 2. The molecule has 11 heteroatoms. The van der Waals surface area contributed by atoms with Crippen LogP contribution in [0.4, 0.5) is 0 Å². The SMILES string of the molecule is CCc1c(C)[nH]c(CCC(=O)N[C@@H](Cc2ccccc2)C(=O)N[C@@H](Cc2ccccc2)C(=O)N[C@@H](CC(C)C)C(=O)N[C@@H](Cc2ccccc2)C(=O)OC)c1C. The smallest absolute Gasteiger partial charge is 0.328 e. The number of benzene rings is 3. The van der Waals surface area contributed by atoms with Crippen LogP contribution in [-0.2, 0) is 60.8 Å². The number of methoxy groups -OCH3 is 1. The lowest BCUT2D eigenvalue weighted by molar-refractivity contribution is -0.145. The van der Waals surface area contributed by atoms with Crippen molar-refractivity contribution in [1.82, 2.24) is 26.3 Å². The van der Waals surface area contributed by atoms with Crippen LogP contribution >= 0.6 is 0 Å². The maximum Gasteiger partial charge on any atom is 0.328 e. The fourth-order valence-electron chi connectivity index (χ4n) is 6.97. The Balaban J connectivity index is 1.55. The van der Waals surface area contributed by atoms with E-state index in [0.29, 0.717) is 6.42 Å². The minimum Gasteiger partial charge on any atom is -0.467 e. The van der Waals surface area contributed by atoms with Gasteiger partial charge in [0.2, 0.25) is 23.6 Å². The number of hydrogen-bond acceptors (Lipinski definition) is 6. The molecule has 56 heavy (non-hydrogen) atoms. The zero-order valence-corrected chi connectivity index (χ0v) is 33.4. The van der Waals surface area contributed by atoms with Gasteiger partial charge in [0.15, 0.2) is 0 Å². The monoisotopic (exact) mass is 763 g/mol. The number of hydrogen-bond donors (Lipinski definition) is 5. The summed E-state index contributed by atoms with van der Waals surface area (Å²) in [6, 6.07) is 23.8. The van der Waals surface area contributed by atoms with Gasteiger partial charge in [-0.05, 0) is 66.8 Å². The van der Waals surface area contributed by atoms with Gasteiger partial charge in [0.25, 0.3) is 0 Å². The number of carbonyl (C=O) groups is 5. The molecule has 0 bridgehead atoms. The van der Waals surface area contributed by atoms with Crippen LogP contribution in [0.2, 0.25) is 0 Å². The molecule has 0 spiro atoms. The number of H-pyrrole nitrogens is 1. The zero-order chi connectivity index (χ0) is 40.6. The average molecular weight is 764 g/mol. The predicted molar refractivity (Wildman–Crippen MR) is 218 cm³/mol. The van der Waals surface area contributed by atoms with Crippen molar-refractivity contribution < 1.29 is 28.7 Å². The summed E-state index contributed by atoms with van der Waals surface area (Å²) in [5, 5.41) is 11.5. The van der Waals surface area contributed by atoms with E-state index in [4.69, 9.17) is 4.74 Å². The molecule has 298 valence electrons. The van der Waals surface area contributed by atoms with Crippen LogP contribution in [-0.4, -0.2) is 65.9 Å². The Morgan fingerprint density at radius 2 is 1.05 bits per heavy atom. The molecule has 11 nitrogen and oxygen atoms in total. The average Bonchev–Trinajstić information content (AvgIpc) is 3.47. The van der Waals surface area contributed by atoms with Gasteiger partial charge in [0.1, 0.15) is 24.2 Å². The molecular weight excluding hydrogens is 707 g/mol. The lowest BCUT2D eigenvalue weighted by Crippen LogP contribution is -2.59. The molecule has 0 saturated heterocycles. The van der Waals surface area contributed by atoms with E-state index in [9.17, 15) is 24.0 Å². The fraction of sp³-hybridized carbons (Fsp3) is 0.400. The summed E-state index contributed by atoms with van der Waals surface area (Å²) < 4.78 is 5.00. The van der Waals surface area contributed by atoms with E-state index in [0.717, 1.165) is 40.1 Å². The molecule has 0 aliphatic carbocycles. The third-order valence-corrected chi connectivity index (χ3v) is 9.93. The topological polar surface area (TPSA) is 158 Å². The Morgan fingerprint density at radius 3 is 1.50 bits per heavy atom. The van der Waals surface area contributed by atoms with Crippen molar-refractivity contribution in [2.45, 2.75) is 104 Å². The minimum absolute atomic E-state index is 0.00313. The van der Waals surface area contributed by atoms with Crippen LogP contribution < -0.4 is 21.3 Å². The van der Waals surface area contributed by atoms with Crippen molar-refractivity contribution in [2.75, 3.05) is 7.11 Å². The second-order valence-electron chi connectivity index (χ2n) is 14.7. The fourth-order valence-corrected chi connectivity index (χ4v) is 6.97. The van der Waals surface area contributed by atoms with Crippen molar-refractivity contribution in [3.05, 3.63) is 130 Å². The van der Waals surface area contributed by atoms with Gasteiger partial charge in [-0.25, -0.2) is 4.79 Å². The number of aromatic amines is 1. The third-order valence-electron chi connectivity index (χ3n) is 9.93. The van der Waals surface area contributed by atoms with Gasteiger partial charge in [-0.1, -0.05) is 112 Å². The zero-order valence-electron chi connectivity index (χ0n) is 33.4. The highest BCUT2D eigenvalue weighted by Crippen LogP contribution is 2.20. The normalized spacial score (nSPS) is 13.2. The van der Waals surface area contributed by atoms with Crippen LogP contribution in [0, 0.1) is 19.8 Å². The molecule has 4 atom stereocenters. The molecule has 0 aliphatic rings. The van der Waals surface area contributed by atoms with Gasteiger partial charge in [-0.3, -0.25) is 19.2 Å². The molecule has 1 heterocycles. The molecule has 4 aromatic rings. The summed E-state index contributed by atoms with van der Waals surface area (Å²) in [4.78, 5) is 71.8. The number of amides is 4. The van der Waals surface area contributed by atoms with Gasteiger partial charge in [-0.15, -0.1) is 0 Å². The van der Waals surface area contributed by atoms with Crippen LogP contribution in [0.1, 0.15) is 72.8 Å². The van der Waals surface area contributed by atoms with Crippen molar-refractivity contribution in [1.29, 1.82) is 0 Å². The summed E-state index contributed by atoms with van der Waals surface area (Å²) in [7, 11) is 1.26. The molecule has 0 radical (unpaired) electrons. The Morgan fingerprint density at radius 1 is 0.625 bits per heavy atom. The van der Waals surface area contributed by atoms with Gasteiger partial charge in [0, 0.05) is 37.1 Å². The minimum atomic E-state index is -1.10. The largest absolute Gasteiger partial charge is 0.467 e. The maximum absolute atomic E-state index is 14.2. The lowest BCUT2D eigenvalue weighted by Gasteiger charge is -2.27. The van der Waals surface area contributed by atoms with Gasteiger partial charge < -0.3 is 31.0 Å². The number of carbonyl (C=O) groups excluding carboxylic acids is 5. The van der Waals surface area contributed by atoms with Gasteiger partial charge in [-0.2, -0.15) is 0 Å². The van der Waals surface area contributed by atoms with Crippen molar-refractivity contribution >= 4 is 29.6 Å².